The van der Waals surface area contributed by atoms with E-state index in [0.29, 0.717) is 17.5 Å². The Morgan fingerprint density at radius 1 is 0.651 bits per heavy atom. The Bertz CT molecular complexity index is 1800. The molecule has 7 nitrogen and oxygen atoms in total. The Balaban J connectivity index is 1.16. The number of hydrogen-bond donors (Lipinski definition) is 0. The molecular formula is C36H27N3O4. The van der Waals surface area contributed by atoms with Crippen molar-refractivity contribution in [3.8, 4) is 0 Å². The van der Waals surface area contributed by atoms with Gasteiger partial charge in [0.1, 0.15) is 0 Å². The molecule has 0 unspecified atom stereocenters. The average molecular weight is 566 g/mol. The number of allylic oxidation sites excluding steroid dienone is 2. The fourth-order valence-electron chi connectivity index (χ4n) is 10.1. The van der Waals surface area contributed by atoms with Crippen LogP contribution in [0.1, 0.15) is 34.6 Å². The lowest BCUT2D eigenvalue weighted by molar-refractivity contribution is -0.140. The van der Waals surface area contributed by atoms with Crippen LogP contribution in [0.5, 0.6) is 0 Å². The van der Waals surface area contributed by atoms with Crippen LogP contribution in [-0.4, -0.2) is 34.9 Å². The third kappa shape index (κ3) is 2.66. The molecule has 0 N–H and O–H groups in total. The van der Waals surface area contributed by atoms with E-state index in [4.69, 9.17) is 5.10 Å². The van der Waals surface area contributed by atoms with E-state index in [1.54, 1.807) is 18.3 Å². The highest BCUT2D eigenvalue weighted by molar-refractivity contribution is 6.25. The van der Waals surface area contributed by atoms with Crippen LogP contribution in [0.25, 0.3) is 0 Å². The van der Waals surface area contributed by atoms with Gasteiger partial charge in [-0.15, -0.1) is 0 Å². The molecule has 210 valence electrons. The largest absolute Gasteiger partial charge is 0.274 e. The maximum absolute atomic E-state index is 14.5. The molecule has 4 amide bonds. The molecule has 12 rings (SSSR count). The predicted octanol–water partition coefficient (Wildman–Crippen LogP) is 4.28. The van der Waals surface area contributed by atoms with E-state index >= 15 is 0 Å². The highest BCUT2D eigenvalue weighted by Crippen LogP contribution is 2.66. The summed E-state index contributed by atoms with van der Waals surface area (Å²) in [5.74, 6) is -2.22. The van der Waals surface area contributed by atoms with Crippen molar-refractivity contribution in [2.75, 3.05) is 4.90 Å². The third-order valence-corrected chi connectivity index (χ3v) is 11.7. The fraction of sp³-hybridized carbons (Fsp3) is 0.306. The molecule has 3 aromatic rings. The van der Waals surface area contributed by atoms with E-state index in [0.717, 1.165) is 33.7 Å². The first-order valence-corrected chi connectivity index (χ1v) is 15.3. The molecule has 7 aliphatic carbocycles. The van der Waals surface area contributed by atoms with Crippen molar-refractivity contribution in [1.29, 1.82) is 0 Å². The molecule has 2 aliphatic heterocycles. The fourth-order valence-corrected chi connectivity index (χ4v) is 10.1. The van der Waals surface area contributed by atoms with Gasteiger partial charge in [0.2, 0.25) is 11.8 Å². The number of anilines is 1. The van der Waals surface area contributed by atoms with Gasteiger partial charge in [0, 0.05) is 12.1 Å². The standard InChI is InChI=1S/C36H27N3O4/c40-32-30-27-21-10-4-6-12-25(21)36(26-13-7-5-11-22(26)27,31(30)35(43)38(32)18-8-2-1-3-9-18)17-37-39-33(41)28-19-14-15-20(24-16-23(19)24)29(28)34(39)42/h1-15,17,19-20,23-24,27-31H,16H2/b37-17-/t19-,20-,23-,24+,27?,28-,29+,30+,31-,36?/m0/s1. The second-order valence-corrected chi connectivity index (χ2v) is 13.3. The van der Waals surface area contributed by atoms with Gasteiger partial charge in [-0.25, -0.2) is 4.90 Å². The van der Waals surface area contributed by atoms with Gasteiger partial charge in [-0.05, 0) is 64.5 Å². The number of hydrazone groups is 1. The van der Waals surface area contributed by atoms with Crippen molar-refractivity contribution in [2.45, 2.75) is 17.8 Å². The van der Waals surface area contributed by atoms with Crippen LogP contribution in [0.2, 0.25) is 0 Å². The highest BCUT2D eigenvalue weighted by Gasteiger charge is 2.69. The van der Waals surface area contributed by atoms with Gasteiger partial charge >= 0.3 is 0 Å². The second-order valence-electron chi connectivity index (χ2n) is 13.3. The molecule has 0 spiro atoms. The van der Waals surface area contributed by atoms with Gasteiger partial charge in [-0.2, -0.15) is 10.1 Å². The summed E-state index contributed by atoms with van der Waals surface area (Å²) < 4.78 is 0. The van der Waals surface area contributed by atoms with Crippen LogP contribution < -0.4 is 4.90 Å². The zero-order valence-corrected chi connectivity index (χ0v) is 23.1. The summed E-state index contributed by atoms with van der Waals surface area (Å²) in [6.07, 6.45) is 7.06. The number of amides is 4. The van der Waals surface area contributed by atoms with Crippen LogP contribution in [0, 0.1) is 47.3 Å². The molecule has 0 radical (unpaired) electrons. The van der Waals surface area contributed by atoms with E-state index < -0.39 is 17.3 Å². The minimum Gasteiger partial charge on any atom is -0.274 e. The molecule has 43 heavy (non-hydrogen) atoms. The van der Waals surface area contributed by atoms with E-state index in [-0.39, 0.29) is 53.2 Å². The normalized spacial score (nSPS) is 38.8. The average Bonchev–Trinajstić information content (AvgIpc) is 3.78. The molecule has 2 heterocycles. The van der Waals surface area contributed by atoms with Crippen molar-refractivity contribution < 1.29 is 19.2 Å². The maximum atomic E-state index is 14.5. The quantitative estimate of drug-likeness (QED) is 0.270. The summed E-state index contributed by atoms with van der Waals surface area (Å²) in [4.78, 5) is 57.9. The molecule has 4 fully saturated rings. The topological polar surface area (TPSA) is 87.1 Å². The van der Waals surface area contributed by atoms with Gasteiger partial charge < -0.3 is 0 Å². The summed E-state index contributed by atoms with van der Waals surface area (Å²) in [5.41, 5.74) is 3.19. The minimum absolute atomic E-state index is 0.0965. The van der Waals surface area contributed by atoms with Gasteiger partial charge in [0.15, 0.2) is 0 Å². The maximum Gasteiger partial charge on any atom is 0.254 e. The number of benzene rings is 3. The molecule has 4 bridgehead atoms. The Labute approximate surface area is 247 Å². The number of para-hydroxylation sites is 1. The van der Waals surface area contributed by atoms with Crippen molar-refractivity contribution >= 4 is 35.5 Å². The number of carbonyl (C=O) groups is 4. The number of rotatable bonds is 3. The molecule has 0 aromatic heterocycles. The molecule has 8 atom stereocenters. The predicted molar refractivity (Wildman–Crippen MR) is 156 cm³/mol. The van der Waals surface area contributed by atoms with Gasteiger partial charge in [0.05, 0.1) is 34.8 Å². The van der Waals surface area contributed by atoms with Crippen LogP contribution in [-0.2, 0) is 24.6 Å². The summed E-state index contributed by atoms with van der Waals surface area (Å²) in [7, 11) is 0. The first kappa shape index (κ1) is 23.9. The van der Waals surface area contributed by atoms with Crippen molar-refractivity contribution in [1.82, 2.24) is 5.01 Å². The smallest absolute Gasteiger partial charge is 0.254 e. The lowest BCUT2D eigenvalue weighted by Gasteiger charge is -2.52. The number of imide groups is 2. The zero-order chi connectivity index (χ0) is 28.8. The SMILES string of the molecule is O=C1[C@@H]2[C@H]3C=C[C@@H]([C@@H]4C[C@H]34)[C@@H]2C(=O)N1/N=C\C12c3ccccc3C(c3ccccc31)[C@H]1C(=O)N(c3ccccc3)C(=O)[C@H]12. The van der Waals surface area contributed by atoms with E-state index in [2.05, 4.69) is 12.2 Å². The van der Waals surface area contributed by atoms with Gasteiger partial charge in [-0.1, -0.05) is 78.9 Å². The molecule has 9 aliphatic rings. The number of hydrogen-bond acceptors (Lipinski definition) is 5. The molecular weight excluding hydrogens is 538 g/mol. The van der Waals surface area contributed by atoms with Crippen molar-refractivity contribution in [3.63, 3.8) is 0 Å². The van der Waals surface area contributed by atoms with Crippen molar-refractivity contribution in [3.05, 3.63) is 113 Å². The summed E-state index contributed by atoms with van der Waals surface area (Å²) in [6.45, 7) is 0. The molecule has 2 saturated heterocycles. The third-order valence-electron chi connectivity index (χ3n) is 11.7. The Morgan fingerprint density at radius 3 is 1.81 bits per heavy atom. The first-order chi connectivity index (χ1) is 21.0. The summed E-state index contributed by atoms with van der Waals surface area (Å²) in [6, 6.07) is 25.0. The van der Waals surface area contributed by atoms with E-state index in [1.807, 2.05) is 66.7 Å². The second kappa shape index (κ2) is 7.84. The lowest BCUT2D eigenvalue weighted by Crippen LogP contribution is -2.55. The summed E-state index contributed by atoms with van der Waals surface area (Å²) >= 11 is 0. The number of nitrogens with zero attached hydrogens (tertiary/aromatic N) is 3. The van der Waals surface area contributed by atoms with E-state index in [1.165, 1.54) is 4.90 Å². The Hall–Kier alpha value is -4.65. The van der Waals surface area contributed by atoms with Crippen LogP contribution in [0.3, 0.4) is 0 Å². The Kier molecular flexibility index (Phi) is 4.35. The van der Waals surface area contributed by atoms with Crippen molar-refractivity contribution in [2.24, 2.45) is 52.4 Å². The molecule has 2 saturated carbocycles. The first-order valence-electron chi connectivity index (χ1n) is 15.3. The lowest BCUT2D eigenvalue weighted by atomic mass is 9.47. The summed E-state index contributed by atoms with van der Waals surface area (Å²) in [5, 5.41) is 5.85. The monoisotopic (exact) mass is 565 g/mol. The molecule has 7 heteroatoms. The minimum atomic E-state index is -1.13. The van der Waals surface area contributed by atoms with Crippen LogP contribution >= 0.6 is 0 Å². The van der Waals surface area contributed by atoms with E-state index in [9.17, 15) is 19.2 Å². The highest BCUT2D eigenvalue weighted by atomic mass is 16.2. The van der Waals surface area contributed by atoms with Crippen LogP contribution in [0.4, 0.5) is 5.69 Å². The zero-order valence-electron chi connectivity index (χ0n) is 23.1. The molecule has 3 aromatic carbocycles. The Morgan fingerprint density at radius 2 is 1.21 bits per heavy atom. The number of carbonyl (C=O) groups excluding carboxylic acids is 4. The van der Waals surface area contributed by atoms with Crippen LogP contribution in [0.15, 0.2) is 96.1 Å². The van der Waals surface area contributed by atoms with Gasteiger partial charge in [-0.3, -0.25) is 19.2 Å². The van der Waals surface area contributed by atoms with Gasteiger partial charge in [0.25, 0.3) is 11.8 Å².